The van der Waals surface area contributed by atoms with Gasteiger partial charge in [0, 0.05) is 18.5 Å². The third-order valence-electron chi connectivity index (χ3n) is 4.78. The maximum atomic E-state index is 14.2. The van der Waals surface area contributed by atoms with E-state index < -0.39 is 35.5 Å². The van der Waals surface area contributed by atoms with Crippen LogP contribution in [0.5, 0.6) is 0 Å². The van der Waals surface area contributed by atoms with E-state index in [4.69, 9.17) is 17.3 Å². The number of carbonyl (C=O) groups excluding carboxylic acids is 1. The first-order chi connectivity index (χ1) is 13.7. The largest absolute Gasteiger partial charge is 0.340 e. The Labute approximate surface area is 170 Å². The van der Waals surface area contributed by atoms with Crippen LogP contribution in [0, 0.1) is 11.6 Å². The number of nitrogens with zero attached hydrogens (tertiary/aromatic N) is 3. The smallest absolute Gasteiger partial charge is 0.280 e. The summed E-state index contributed by atoms with van der Waals surface area (Å²) in [6.45, 7) is 0. The Kier molecular flexibility index (Phi) is 4.99. The van der Waals surface area contributed by atoms with Crippen molar-refractivity contribution in [3.8, 4) is 11.3 Å². The molecule has 12 heteroatoms. The maximum absolute atomic E-state index is 14.2. The van der Waals surface area contributed by atoms with Crippen molar-refractivity contribution in [3.63, 3.8) is 0 Å². The lowest BCUT2D eigenvalue weighted by atomic mass is 9.87. The topological polar surface area (TPSA) is 85.3 Å². The molecule has 3 aromatic heterocycles. The Bertz CT molecular complexity index is 1100. The third-order valence-corrected chi connectivity index (χ3v) is 6.04. The minimum Gasteiger partial charge on any atom is -0.340 e. The molecule has 1 fully saturated rings. The van der Waals surface area contributed by atoms with Gasteiger partial charge in [0.05, 0.1) is 18.0 Å². The van der Waals surface area contributed by atoms with Crippen LogP contribution in [0.15, 0.2) is 18.5 Å². The number of pyridine rings is 1. The van der Waals surface area contributed by atoms with Gasteiger partial charge < -0.3 is 11.1 Å². The van der Waals surface area contributed by atoms with Crippen molar-refractivity contribution in [2.75, 3.05) is 0 Å². The van der Waals surface area contributed by atoms with E-state index in [0.29, 0.717) is 12.5 Å². The number of nitrogens with one attached hydrogen (secondary N) is 1. The Morgan fingerprint density at radius 1 is 1.41 bits per heavy atom. The molecule has 0 saturated heterocycles. The van der Waals surface area contributed by atoms with Crippen molar-refractivity contribution in [1.29, 1.82) is 0 Å². The molecule has 0 spiro atoms. The first kappa shape index (κ1) is 20.0. The van der Waals surface area contributed by atoms with Crippen LogP contribution in [0.3, 0.4) is 0 Å². The fourth-order valence-corrected chi connectivity index (χ4v) is 4.48. The summed E-state index contributed by atoms with van der Waals surface area (Å²) >= 11 is 6.91. The summed E-state index contributed by atoms with van der Waals surface area (Å²) in [6.07, 6.45) is 2.47. The van der Waals surface area contributed by atoms with Gasteiger partial charge in [0.1, 0.15) is 27.4 Å². The molecule has 2 atom stereocenters. The molecule has 1 aliphatic carbocycles. The van der Waals surface area contributed by atoms with Crippen molar-refractivity contribution in [2.45, 2.75) is 37.3 Å². The van der Waals surface area contributed by atoms with E-state index >= 15 is 0 Å². The fourth-order valence-electron chi connectivity index (χ4n) is 3.40. The van der Waals surface area contributed by atoms with Crippen LogP contribution < -0.4 is 11.1 Å². The number of hydrogen-bond donors (Lipinski definition) is 2. The SMILES string of the molecule is N[C@@H]1CCCC(F)(F)[C@@H]1NC(=O)c1nc(-c2cnn3cc(F)cc(F)c23)c(Cl)s1. The summed E-state index contributed by atoms with van der Waals surface area (Å²) in [4.78, 5) is 16.6. The highest BCUT2D eigenvalue weighted by atomic mass is 35.5. The summed E-state index contributed by atoms with van der Waals surface area (Å²) in [7, 11) is 0. The molecule has 6 nitrogen and oxygen atoms in total. The fraction of sp³-hybridized carbons (Fsp3) is 0.353. The molecule has 1 amide bonds. The number of halogens is 5. The molecule has 3 N–H and O–H groups in total. The minimum absolute atomic E-state index is 0.0356. The second-order valence-electron chi connectivity index (χ2n) is 6.77. The van der Waals surface area contributed by atoms with Crippen molar-refractivity contribution >= 4 is 34.4 Å². The van der Waals surface area contributed by atoms with Crippen molar-refractivity contribution < 1.29 is 22.4 Å². The number of nitrogens with two attached hydrogens (primary N) is 1. The van der Waals surface area contributed by atoms with Gasteiger partial charge in [0.15, 0.2) is 10.8 Å². The molecule has 3 heterocycles. The van der Waals surface area contributed by atoms with Gasteiger partial charge in [-0.3, -0.25) is 4.79 Å². The summed E-state index contributed by atoms with van der Waals surface area (Å²) in [5, 5.41) is 5.93. The zero-order valence-electron chi connectivity index (χ0n) is 14.6. The zero-order chi connectivity index (χ0) is 20.9. The zero-order valence-corrected chi connectivity index (χ0v) is 16.2. The molecule has 0 bridgehead atoms. The van der Waals surface area contributed by atoms with E-state index in [0.717, 1.165) is 22.0 Å². The van der Waals surface area contributed by atoms with E-state index in [1.807, 2.05) is 0 Å². The van der Waals surface area contributed by atoms with Gasteiger partial charge in [-0.2, -0.15) is 5.10 Å². The van der Waals surface area contributed by atoms with E-state index in [2.05, 4.69) is 15.4 Å². The van der Waals surface area contributed by atoms with Gasteiger partial charge in [0.2, 0.25) is 0 Å². The lowest BCUT2D eigenvalue weighted by Crippen LogP contribution is -2.59. The lowest BCUT2D eigenvalue weighted by molar-refractivity contribution is -0.0674. The normalized spacial score (nSPS) is 21.4. The van der Waals surface area contributed by atoms with E-state index in [-0.39, 0.29) is 39.0 Å². The predicted molar refractivity (Wildman–Crippen MR) is 99.3 cm³/mol. The van der Waals surface area contributed by atoms with Crippen LogP contribution in [-0.4, -0.2) is 38.5 Å². The van der Waals surface area contributed by atoms with Crippen LogP contribution in [0.25, 0.3) is 16.8 Å². The van der Waals surface area contributed by atoms with Crippen molar-refractivity contribution in [3.05, 3.63) is 39.4 Å². The molecule has 154 valence electrons. The standard InChI is InChI=1S/C17H14ClF4N5OS/c18-14-11(8-5-24-27-6-7(19)4-9(20)12(8)27)25-16(29-14)15(28)26-13-10(23)2-1-3-17(13,21)22/h4-6,10,13H,1-3,23H2,(H,26,28)/t10-,13-/m1/s1. The average Bonchev–Trinajstić information content (AvgIpc) is 3.21. The first-order valence-corrected chi connectivity index (χ1v) is 9.80. The van der Waals surface area contributed by atoms with E-state index in [9.17, 15) is 22.4 Å². The molecule has 0 radical (unpaired) electrons. The summed E-state index contributed by atoms with van der Waals surface area (Å²) < 4.78 is 56.9. The van der Waals surface area contributed by atoms with Gasteiger partial charge in [-0.05, 0) is 12.8 Å². The molecule has 1 saturated carbocycles. The Morgan fingerprint density at radius 2 is 2.17 bits per heavy atom. The van der Waals surface area contributed by atoms with Crippen LogP contribution >= 0.6 is 22.9 Å². The molecular weight excluding hydrogens is 434 g/mol. The molecule has 3 aromatic rings. The highest BCUT2D eigenvalue weighted by molar-refractivity contribution is 7.18. The predicted octanol–water partition coefficient (Wildman–Crippen LogP) is 3.63. The second kappa shape index (κ2) is 7.22. The second-order valence-corrected chi connectivity index (χ2v) is 8.37. The number of aromatic nitrogens is 3. The molecule has 1 aliphatic rings. The molecule has 0 aromatic carbocycles. The minimum atomic E-state index is -3.13. The van der Waals surface area contributed by atoms with Crippen LogP contribution in [0.2, 0.25) is 4.34 Å². The number of rotatable bonds is 3. The third kappa shape index (κ3) is 3.58. The number of amides is 1. The number of thiazole rings is 1. The van der Waals surface area contributed by atoms with Crippen molar-refractivity contribution in [2.24, 2.45) is 5.73 Å². The molecular formula is C17H14ClF4N5OS. The Morgan fingerprint density at radius 3 is 2.90 bits per heavy atom. The van der Waals surface area contributed by atoms with Gasteiger partial charge >= 0.3 is 0 Å². The monoisotopic (exact) mass is 447 g/mol. The quantitative estimate of drug-likeness (QED) is 0.600. The lowest BCUT2D eigenvalue weighted by Gasteiger charge is -2.36. The summed E-state index contributed by atoms with van der Waals surface area (Å²) in [6, 6.07) is -1.73. The number of carbonyl (C=O) groups is 1. The molecule has 29 heavy (non-hydrogen) atoms. The van der Waals surface area contributed by atoms with E-state index in [1.165, 1.54) is 6.20 Å². The van der Waals surface area contributed by atoms with Crippen molar-refractivity contribution in [1.82, 2.24) is 19.9 Å². The van der Waals surface area contributed by atoms with Gasteiger partial charge in [-0.15, -0.1) is 0 Å². The number of alkyl halides is 2. The highest BCUT2D eigenvalue weighted by Gasteiger charge is 2.46. The van der Waals surface area contributed by atoms with Crippen LogP contribution in [0.4, 0.5) is 17.6 Å². The number of hydrogen-bond acceptors (Lipinski definition) is 5. The van der Waals surface area contributed by atoms with Gasteiger partial charge in [0.25, 0.3) is 11.8 Å². The highest BCUT2D eigenvalue weighted by Crippen LogP contribution is 2.37. The molecule has 0 unspecified atom stereocenters. The number of fused-ring (bicyclic) bond motifs is 1. The summed E-state index contributed by atoms with van der Waals surface area (Å²) in [5.74, 6) is -5.69. The Hall–Kier alpha value is -2.24. The maximum Gasteiger partial charge on any atom is 0.280 e. The van der Waals surface area contributed by atoms with Crippen LogP contribution in [-0.2, 0) is 0 Å². The first-order valence-electron chi connectivity index (χ1n) is 8.61. The molecule has 4 rings (SSSR count). The Balaban J connectivity index is 1.66. The summed E-state index contributed by atoms with van der Waals surface area (Å²) in [5.41, 5.74) is 5.87. The average molecular weight is 448 g/mol. The van der Waals surface area contributed by atoms with Gasteiger partial charge in [-0.1, -0.05) is 22.9 Å². The van der Waals surface area contributed by atoms with Gasteiger partial charge in [-0.25, -0.2) is 27.1 Å². The molecule has 0 aliphatic heterocycles. The van der Waals surface area contributed by atoms with Crippen LogP contribution in [0.1, 0.15) is 29.1 Å². The van der Waals surface area contributed by atoms with E-state index in [1.54, 1.807) is 0 Å².